The number of rotatable bonds is 9. The summed E-state index contributed by atoms with van der Waals surface area (Å²) in [7, 11) is -3.87. The molecule has 0 atom stereocenters. The van der Waals surface area contributed by atoms with Crippen LogP contribution in [0.3, 0.4) is 0 Å². The van der Waals surface area contributed by atoms with Crippen LogP contribution in [0.2, 0.25) is 0 Å². The molecule has 0 unspecified atom stereocenters. The number of aryl methyl sites for hydroxylation is 2. The Morgan fingerprint density at radius 3 is 2.06 bits per heavy atom. The number of amides is 1. The lowest BCUT2D eigenvalue weighted by molar-refractivity contribution is -0.119. The van der Waals surface area contributed by atoms with Crippen molar-refractivity contribution in [1.29, 1.82) is 0 Å². The largest absolute Gasteiger partial charge is 0.354 e. The fraction of sp³-hybridized carbons (Fsp3) is 0.208. The standard InChI is InChI=1S/C24H26N2O3S2/c1-19-8-12-21(13-9-19)26(31(28,29)23-6-4-3-5-7-23)18-24(27)25-16-17-30-22-14-10-20(2)11-15-22/h3-15H,16-18H2,1-2H3,(H,25,27). The van der Waals surface area contributed by atoms with Gasteiger partial charge in [-0.05, 0) is 50.2 Å². The minimum Gasteiger partial charge on any atom is -0.354 e. The highest BCUT2D eigenvalue weighted by molar-refractivity contribution is 7.99. The fourth-order valence-corrected chi connectivity index (χ4v) is 5.14. The van der Waals surface area contributed by atoms with Crippen molar-refractivity contribution in [3.8, 4) is 0 Å². The number of carbonyl (C=O) groups excluding carboxylic acids is 1. The molecule has 162 valence electrons. The number of anilines is 1. The first kappa shape index (κ1) is 22.9. The maximum absolute atomic E-state index is 13.2. The summed E-state index contributed by atoms with van der Waals surface area (Å²) in [6.45, 7) is 4.14. The summed E-state index contributed by atoms with van der Waals surface area (Å²) in [5.74, 6) is 0.356. The molecule has 3 rings (SSSR count). The van der Waals surface area contributed by atoms with Gasteiger partial charge in [0.2, 0.25) is 5.91 Å². The lowest BCUT2D eigenvalue weighted by Gasteiger charge is -2.24. The zero-order chi connectivity index (χ0) is 22.3. The van der Waals surface area contributed by atoms with Crippen LogP contribution in [-0.2, 0) is 14.8 Å². The third-order valence-electron chi connectivity index (χ3n) is 4.65. The van der Waals surface area contributed by atoms with Gasteiger partial charge in [-0.1, -0.05) is 53.6 Å². The first-order chi connectivity index (χ1) is 14.9. The van der Waals surface area contributed by atoms with E-state index in [0.29, 0.717) is 18.0 Å². The van der Waals surface area contributed by atoms with Gasteiger partial charge in [0, 0.05) is 17.2 Å². The van der Waals surface area contributed by atoms with E-state index in [1.165, 1.54) is 17.7 Å². The van der Waals surface area contributed by atoms with E-state index < -0.39 is 10.0 Å². The zero-order valence-corrected chi connectivity index (χ0v) is 19.2. The molecule has 0 saturated heterocycles. The summed E-state index contributed by atoms with van der Waals surface area (Å²) in [5.41, 5.74) is 2.67. The van der Waals surface area contributed by atoms with Crippen LogP contribution < -0.4 is 9.62 Å². The van der Waals surface area contributed by atoms with Gasteiger partial charge in [0.15, 0.2) is 0 Å². The molecule has 5 nitrogen and oxygen atoms in total. The molecule has 0 radical (unpaired) electrons. The molecule has 0 bridgehead atoms. The molecule has 0 aliphatic heterocycles. The number of carbonyl (C=O) groups is 1. The number of hydrogen-bond acceptors (Lipinski definition) is 4. The van der Waals surface area contributed by atoms with E-state index in [0.717, 1.165) is 14.8 Å². The number of sulfonamides is 1. The van der Waals surface area contributed by atoms with Crippen LogP contribution >= 0.6 is 11.8 Å². The first-order valence-corrected chi connectivity index (χ1v) is 12.4. The zero-order valence-electron chi connectivity index (χ0n) is 17.6. The average Bonchev–Trinajstić information content (AvgIpc) is 2.77. The van der Waals surface area contributed by atoms with E-state index in [2.05, 4.69) is 17.4 Å². The summed E-state index contributed by atoms with van der Waals surface area (Å²) in [6.07, 6.45) is 0. The molecular formula is C24H26N2O3S2. The molecule has 1 amide bonds. The number of nitrogens with zero attached hydrogens (tertiary/aromatic N) is 1. The highest BCUT2D eigenvalue weighted by Crippen LogP contribution is 2.24. The molecule has 0 fully saturated rings. The molecule has 0 aromatic heterocycles. The summed E-state index contributed by atoms with van der Waals surface area (Å²) < 4.78 is 27.6. The Morgan fingerprint density at radius 1 is 0.871 bits per heavy atom. The van der Waals surface area contributed by atoms with Crippen LogP contribution in [0.1, 0.15) is 11.1 Å². The maximum Gasteiger partial charge on any atom is 0.264 e. The maximum atomic E-state index is 13.2. The van der Waals surface area contributed by atoms with E-state index in [-0.39, 0.29) is 17.3 Å². The number of thioether (sulfide) groups is 1. The fourth-order valence-electron chi connectivity index (χ4n) is 2.93. The van der Waals surface area contributed by atoms with Crippen LogP contribution in [0.4, 0.5) is 5.69 Å². The Labute approximate surface area is 188 Å². The monoisotopic (exact) mass is 454 g/mol. The molecule has 0 saturated carbocycles. The highest BCUT2D eigenvalue weighted by atomic mass is 32.2. The molecule has 3 aromatic rings. The molecule has 7 heteroatoms. The van der Waals surface area contributed by atoms with Crippen molar-refractivity contribution in [3.05, 3.63) is 90.0 Å². The second kappa shape index (κ2) is 10.5. The second-order valence-electron chi connectivity index (χ2n) is 7.17. The average molecular weight is 455 g/mol. The minimum atomic E-state index is -3.87. The van der Waals surface area contributed by atoms with Gasteiger partial charge in [-0.25, -0.2) is 8.42 Å². The van der Waals surface area contributed by atoms with Gasteiger partial charge in [-0.3, -0.25) is 9.10 Å². The molecule has 0 aliphatic carbocycles. The van der Waals surface area contributed by atoms with Crippen molar-refractivity contribution < 1.29 is 13.2 Å². The van der Waals surface area contributed by atoms with Crippen molar-refractivity contribution in [2.24, 2.45) is 0 Å². The van der Waals surface area contributed by atoms with E-state index in [1.807, 2.05) is 38.1 Å². The Morgan fingerprint density at radius 2 is 1.45 bits per heavy atom. The minimum absolute atomic E-state index is 0.151. The van der Waals surface area contributed by atoms with Gasteiger partial charge in [0.1, 0.15) is 6.54 Å². The predicted molar refractivity (Wildman–Crippen MR) is 127 cm³/mol. The Bertz CT molecular complexity index is 1100. The topological polar surface area (TPSA) is 66.5 Å². The summed E-state index contributed by atoms with van der Waals surface area (Å²) >= 11 is 1.64. The van der Waals surface area contributed by atoms with E-state index in [9.17, 15) is 13.2 Å². The SMILES string of the molecule is Cc1ccc(SCCNC(=O)CN(c2ccc(C)cc2)S(=O)(=O)c2ccccc2)cc1. The third-order valence-corrected chi connectivity index (χ3v) is 7.46. The molecule has 0 heterocycles. The van der Waals surface area contributed by atoms with Gasteiger partial charge in [-0.15, -0.1) is 11.8 Å². The number of benzene rings is 3. The number of hydrogen-bond donors (Lipinski definition) is 1. The Hall–Kier alpha value is -2.77. The summed E-state index contributed by atoms with van der Waals surface area (Å²) in [6, 6.07) is 23.5. The van der Waals surface area contributed by atoms with Crippen molar-refractivity contribution in [2.75, 3.05) is 23.1 Å². The third kappa shape index (κ3) is 6.35. The highest BCUT2D eigenvalue weighted by Gasteiger charge is 2.26. The smallest absolute Gasteiger partial charge is 0.264 e. The Balaban J connectivity index is 1.67. The molecule has 3 aromatic carbocycles. The van der Waals surface area contributed by atoms with Gasteiger partial charge in [0.25, 0.3) is 10.0 Å². The van der Waals surface area contributed by atoms with Crippen molar-refractivity contribution in [2.45, 2.75) is 23.6 Å². The van der Waals surface area contributed by atoms with Gasteiger partial charge < -0.3 is 5.32 Å². The van der Waals surface area contributed by atoms with Crippen LogP contribution in [0.25, 0.3) is 0 Å². The quantitative estimate of drug-likeness (QED) is 0.384. The normalized spacial score (nSPS) is 11.2. The van der Waals surface area contributed by atoms with Gasteiger partial charge in [0.05, 0.1) is 10.6 Å². The van der Waals surface area contributed by atoms with E-state index in [4.69, 9.17) is 0 Å². The molecule has 1 N–H and O–H groups in total. The lowest BCUT2D eigenvalue weighted by atomic mass is 10.2. The first-order valence-electron chi connectivity index (χ1n) is 9.97. The predicted octanol–water partition coefficient (Wildman–Crippen LogP) is 4.41. The Kier molecular flexibility index (Phi) is 7.76. The van der Waals surface area contributed by atoms with Crippen molar-refractivity contribution in [1.82, 2.24) is 5.32 Å². The van der Waals surface area contributed by atoms with Crippen LogP contribution in [-0.4, -0.2) is 33.2 Å². The van der Waals surface area contributed by atoms with Crippen molar-refractivity contribution >= 4 is 33.4 Å². The van der Waals surface area contributed by atoms with Gasteiger partial charge in [-0.2, -0.15) is 0 Å². The van der Waals surface area contributed by atoms with Crippen molar-refractivity contribution in [3.63, 3.8) is 0 Å². The summed E-state index contributed by atoms with van der Waals surface area (Å²) in [5, 5.41) is 2.83. The molecule has 0 aliphatic rings. The molecule has 31 heavy (non-hydrogen) atoms. The number of nitrogens with one attached hydrogen (secondary N) is 1. The molecule has 0 spiro atoms. The van der Waals surface area contributed by atoms with Crippen LogP contribution in [0.15, 0.2) is 88.7 Å². The van der Waals surface area contributed by atoms with Crippen LogP contribution in [0, 0.1) is 13.8 Å². The second-order valence-corrected chi connectivity index (χ2v) is 10.2. The molecular weight excluding hydrogens is 428 g/mol. The van der Waals surface area contributed by atoms with Crippen LogP contribution in [0.5, 0.6) is 0 Å². The lowest BCUT2D eigenvalue weighted by Crippen LogP contribution is -2.41. The van der Waals surface area contributed by atoms with E-state index >= 15 is 0 Å². The summed E-state index contributed by atoms with van der Waals surface area (Å²) in [4.78, 5) is 13.9. The van der Waals surface area contributed by atoms with E-state index in [1.54, 1.807) is 42.1 Å². The van der Waals surface area contributed by atoms with Gasteiger partial charge >= 0.3 is 0 Å².